The number of hydrogen-bond acceptors (Lipinski definition) is 4. The molecule has 1 amide bonds. The lowest BCUT2D eigenvalue weighted by molar-refractivity contribution is -0.137. The molecule has 1 aromatic heterocycles. The Morgan fingerprint density at radius 2 is 1.96 bits per heavy atom. The number of carbonyl (C=O) groups is 1. The van der Waals surface area contributed by atoms with E-state index < -0.39 is 17.6 Å². The van der Waals surface area contributed by atoms with Gasteiger partial charge in [-0.3, -0.25) is 4.79 Å². The molecule has 0 aliphatic rings. The van der Waals surface area contributed by atoms with Crippen LogP contribution in [0.4, 0.5) is 19.0 Å². The van der Waals surface area contributed by atoms with Crippen molar-refractivity contribution in [2.75, 3.05) is 19.0 Å². The molecule has 1 aromatic carbocycles. The second kappa shape index (κ2) is 6.99. The smallest absolute Gasteiger partial charge is 0.417 e. The number of halogens is 3. The third kappa shape index (κ3) is 4.87. The number of pyridine rings is 1. The third-order valence-corrected chi connectivity index (χ3v) is 2.77. The molecule has 0 bridgehead atoms. The van der Waals surface area contributed by atoms with Crippen molar-refractivity contribution in [1.29, 1.82) is 0 Å². The molecule has 2 rings (SSSR count). The summed E-state index contributed by atoms with van der Waals surface area (Å²) in [6.45, 7) is -0.310. The van der Waals surface area contributed by atoms with Gasteiger partial charge in [-0.05, 0) is 24.3 Å². The Bertz CT molecular complexity index is 672. The first-order valence-electron chi connectivity index (χ1n) is 6.48. The molecule has 1 heterocycles. The minimum absolute atomic E-state index is 0.0113. The minimum Gasteiger partial charge on any atom is -0.497 e. The summed E-state index contributed by atoms with van der Waals surface area (Å²) in [7, 11) is 1.50. The lowest BCUT2D eigenvalue weighted by Crippen LogP contribution is -2.21. The minimum atomic E-state index is -4.47. The van der Waals surface area contributed by atoms with Gasteiger partial charge in [0.2, 0.25) is 0 Å². The number of benzene rings is 1. The van der Waals surface area contributed by atoms with Crippen LogP contribution in [0.1, 0.15) is 5.56 Å². The van der Waals surface area contributed by atoms with E-state index in [2.05, 4.69) is 10.3 Å². The van der Waals surface area contributed by atoms with E-state index in [1.165, 1.54) is 7.11 Å². The molecule has 0 aliphatic carbocycles. The van der Waals surface area contributed by atoms with E-state index in [4.69, 9.17) is 9.47 Å². The van der Waals surface area contributed by atoms with Gasteiger partial charge in [0.1, 0.15) is 17.3 Å². The van der Waals surface area contributed by atoms with Crippen LogP contribution in [0.5, 0.6) is 11.5 Å². The summed E-state index contributed by atoms with van der Waals surface area (Å²) in [4.78, 5) is 15.2. The number of alkyl halides is 3. The van der Waals surface area contributed by atoms with E-state index in [-0.39, 0.29) is 12.4 Å². The summed E-state index contributed by atoms with van der Waals surface area (Å²) >= 11 is 0. The number of methoxy groups -OCH3 is 1. The maximum atomic E-state index is 12.4. The number of ether oxygens (including phenoxy) is 2. The average molecular weight is 326 g/mol. The fourth-order valence-electron chi connectivity index (χ4n) is 1.65. The SMILES string of the molecule is COc1cccc(OCC(=O)Nc2ccc(C(F)(F)F)cn2)c1. The maximum Gasteiger partial charge on any atom is 0.417 e. The standard InChI is InChI=1S/C15H13F3N2O3/c1-22-11-3-2-4-12(7-11)23-9-14(21)20-13-6-5-10(8-19-13)15(16,17)18/h2-8H,9H2,1H3,(H,19,20,21). The molecule has 5 nitrogen and oxygen atoms in total. The number of rotatable bonds is 5. The van der Waals surface area contributed by atoms with Gasteiger partial charge in [-0.25, -0.2) is 4.98 Å². The summed E-state index contributed by atoms with van der Waals surface area (Å²) in [5.41, 5.74) is -0.886. The van der Waals surface area contributed by atoms with Gasteiger partial charge < -0.3 is 14.8 Å². The number of carbonyl (C=O) groups excluding carboxylic acids is 1. The first-order valence-corrected chi connectivity index (χ1v) is 6.48. The predicted octanol–water partition coefficient (Wildman–Crippen LogP) is 3.13. The number of nitrogens with one attached hydrogen (secondary N) is 1. The van der Waals surface area contributed by atoms with E-state index in [9.17, 15) is 18.0 Å². The lowest BCUT2D eigenvalue weighted by atomic mass is 10.3. The second-order valence-electron chi connectivity index (χ2n) is 4.45. The van der Waals surface area contributed by atoms with Crippen molar-refractivity contribution in [2.24, 2.45) is 0 Å². The summed E-state index contributed by atoms with van der Waals surface area (Å²) in [5, 5.41) is 2.35. The molecular formula is C15H13F3N2O3. The Kier molecular flexibility index (Phi) is 5.05. The molecule has 23 heavy (non-hydrogen) atoms. The summed E-state index contributed by atoms with van der Waals surface area (Å²) in [5.74, 6) is 0.476. The summed E-state index contributed by atoms with van der Waals surface area (Å²) in [6, 6.07) is 8.58. The highest BCUT2D eigenvalue weighted by Gasteiger charge is 2.30. The van der Waals surface area contributed by atoms with Gasteiger partial charge in [0.15, 0.2) is 6.61 Å². The van der Waals surface area contributed by atoms with Crippen molar-refractivity contribution in [2.45, 2.75) is 6.18 Å². The molecule has 122 valence electrons. The Balaban J connectivity index is 1.89. The molecule has 0 aliphatic heterocycles. The van der Waals surface area contributed by atoms with Crippen LogP contribution in [-0.2, 0) is 11.0 Å². The van der Waals surface area contributed by atoms with Crippen LogP contribution in [0.15, 0.2) is 42.6 Å². The van der Waals surface area contributed by atoms with Crippen LogP contribution in [-0.4, -0.2) is 24.6 Å². The zero-order valence-corrected chi connectivity index (χ0v) is 12.1. The molecule has 0 spiro atoms. The third-order valence-electron chi connectivity index (χ3n) is 2.77. The van der Waals surface area contributed by atoms with Crippen molar-refractivity contribution in [3.05, 3.63) is 48.2 Å². The molecule has 0 saturated heterocycles. The van der Waals surface area contributed by atoms with E-state index in [0.29, 0.717) is 17.7 Å². The quantitative estimate of drug-likeness (QED) is 0.917. The van der Waals surface area contributed by atoms with Crippen molar-refractivity contribution in [3.8, 4) is 11.5 Å². The van der Waals surface area contributed by atoms with Crippen LogP contribution in [0.2, 0.25) is 0 Å². The van der Waals surface area contributed by atoms with Crippen molar-refractivity contribution in [3.63, 3.8) is 0 Å². The van der Waals surface area contributed by atoms with Crippen LogP contribution in [0.3, 0.4) is 0 Å². The predicted molar refractivity (Wildman–Crippen MR) is 76.4 cm³/mol. The van der Waals surface area contributed by atoms with Gasteiger partial charge in [-0.2, -0.15) is 13.2 Å². The summed E-state index contributed by atoms with van der Waals surface area (Å²) in [6.07, 6.45) is -3.82. The Labute approximate surface area is 130 Å². The summed E-state index contributed by atoms with van der Waals surface area (Å²) < 4.78 is 47.5. The number of amides is 1. The first-order chi connectivity index (χ1) is 10.9. The normalized spacial score (nSPS) is 11.0. The van der Waals surface area contributed by atoms with Crippen molar-refractivity contribution in [1.82, 2.24) is 4.98 Å². The van der Waals surface area contributed by atoms with Gasteiger partial charge in [-0.1, -0.05) is 6.07 Å². The molecule has 8 heteroatoms. The first kappa shape index (κ1) is 16.6. The molecular weight excluding hydrogens is 313 g/mol. The number of nitrogens with zero attached hydrogens (tertiary/aromatic N) is 1. The van der Waals surface area contributed by atoms with Gasteiger partial charge in [0.05, 0.1) is 12.7 Å². The average Bonchev–Trinajstić information content (AvgIpc) is 2.53. The lowest BCUT2D eigenvalue weighted by Gasteiger charge is -2.09. The second-order valence-corrected chi connectivity index (χ2v) is 4.45. The molecule has 0 radical (unpaired) electrons. The number of hydrogen-bond donors (Lipinski definition) is 1. The van der Waals surface area contributed by atoms with E-state index in [0.717, 1.165) is 12.1 Å². The van der Waals surface area contributed by atoms with E-state index in [1.807, 2.05) is 0 Å². The highest BCUT2D eigenvalue weighted by molar-refractivity contribution is 5.90. The van der Waals surface area contributed by atoms with Crippen molar-refractivity contribution >= 4 is 11.7 Å². The Morgan fingerprint density at radius 3 is 2.57 bits per heavy atom. The molecule has 0 saturated carbocycles. The topological polar surface area (TPSA) is 60.5 Å². The molecule has 1 N–H and O–H groups in total. The molecule has 2 aromatic rings. The Morgan fingerprint density at radius 1 is 1.22 bits per heavy atom. The molecule has 0 fully saturated rings. The zero-order chi connectivity index (χ0) is 16.9. The van der Waals surface area contributed by atoms with E-state index in [1.54, 1.807) is 24.3 Å². The van der Waals surface area contributed by atoms with Crippen LogP contribution in [0.25, 0.3) is 0 Å². The van der Waals surface area contributed by atoms with Crippen LogP contribution in [0, 0.1) is 0 Å². The highest BCUT2D eigenvalue weighted by Crippen LogP contribution is 2.28. The van der Waals surface area contributed by atoms with E-state index >= 15 is 0 Å². The number of aromatic nitrogens is 1. The van der Waals surface area contributed by atoms with Gasteiger partial charge in [-0.15, -0.1) is 0 Å². The molecule has 0 unspecified atom stereocenters. The monoisotopic (exact) mass is 326 g/mol. The zero-order valence-electron chi connectivity index (χ0n) is 12.1. The highest BCUT2D eigenvalue weighted by atomic mass is 19.4. The fourth-order valence-corrected chi connectivity index (χ4v) is 1.65. The van der Waals surface area contributed by atoms with Gasteiger partial charge >= 0.3 is 6.18 Å². The largest absolute Gasteiger partial charge is 0.497 e. The van der Waals surface area contributed by atoms with Gasteiger partial charge in [0.25, 0.3) is 5.91 Å². The maximum absolute atomic E-state index is 12.4. The van der Waals surface area contributed by atoms with Gasteiger partial charge in [0, 0.05) is 12.3 Å². The van der Waals surface area contributed by atoms with Crippen molar-refractivity contribution < 1.29 is 27.4 Å². The van der Waals surface area contributed by atoms with Crippen LogP contribution < -0.4 is 14.8 Å². The Hall–Kier alpha value is -2.77. The fraction of sp³-hybridized carbons (Fsp3) is 0.200. The molecule has 0 atom stereocenters. The number of anilines is 1. The van der Waals surface area contributed by atoms with Crippen LogP contribution >= 0.6 is 0 Å².